The van der Waals surface area contributed by atoms with Crippen LogP contribution in [0.25, 0.3) is 0 Å². The molecule has 1 aromatic carbocycles. The number of sulfone groups is 1. The third-order valence-corrected chi connectivity index (χ3v) is 4.06. The van der Waals surface area contributed by atoms with Gasteiger partial charge in [0.05, 0.1) is 16.9 Å². The zero-order valence-corrected chi connectivity index (χ0v) is 13.6. The highest BCUT2D eigenvalue weighted by Gasteiger charge is 2.35. The van der Waals surface area contributed by atoms with E-state index in [9.17, 15) is 26.4 Å². The fourth-order valence-corrected chi connectivity index (χ4v) is 3.10. The summed E-state index contributed by atoms with van der Waals surface area (Å²) < 4.78 is 61.1. The average molecular weight is 388 g/mol. The molecule has 0 radical (unpaired) electrons. The number of hydrogen-bond acceptors (Lipinski definition) is 3. The molecule has 0 fully saturated rings. The number of hydrogen-bond donors (Lipinski definition) is 1. The van der Waals surface area contributed by atoms with Crippen LogP contribution in [0.1, 0.15) is 22.8 Å². The predicted octanol–water partition coefficient (Wildman–Crippen LogP) is 2.63. The Morgan fingerprint density at radius 2 is 1.95 bits per heavy atom. The smallest absolute Gasteiger partial charge is 0.349 e. The lowest BCUT2D eigenvalue weighted by Gasteiger charge is -2.16. The molecular formula is C12H13BrF3NO3S. The maximum absolute atomic E-state index is 12.9. The van der Waals surface area contributed by atoms with E-state index >= 15 is 0 Å². The Balaban J connectivity index is 3.03. The SMILES string of the molecule is CC(CS(C)(=O)=O)NC(=O)c1ccc(Br)cc1C(F)(F)F. The first-order valence-corrected chi connectivity index (χ1v) is 8.61. The molecule has 1 atom stereocenters. The van der Waals surface area contributed by atoms with Crippen LogP contribution < -0.4 is 5.32 Å². The van der Waals surface area contributed by atoms with Crippen LogP contribution in [0, 0.1) is 0 Å². The standard InChI is InChI=1S/C12H13BrF3NO3S/c1-7(6-21(2,19)20)17-11(18)9-4-3-8(13)5-10(9)12(14,15)16/h3-5,7H,6H2,1-2H3,(H,17,18). The molecule has 0 saturated carbocycles. The van der Waals surface area contributed by atoms with Crippen molar-refractivity contribution in [2.45, 2.75) is 19.1 Å². The summed E-state index contributed by atoms with van der Waals surface area (Å²) in [5.41, 5.74) is -1.63. The van der Waals surface area contributed by atoms with Gasteiger partial charge in [-0.3, -0.25) is 4.79 Å². The van der Waals surface area contributed by atoms with Gasteiger partial charge in [0.2, 0.25) is 0 Å². The van der Waals surface area contributed by atoms with E-state index in [-0.39, 0.29) is 10.2 Å². The number of nitrogens with one attached hydrogen (secondary N) is 1. The van der Waals surface area contributed by atoms with Crippen molar-refractivity contribution < 1.29 is 26.4 Å². The van der Waals surface area contributed by atoms with E-state index in [1.807, 2.05) is 0 Å². The van der Waals surface area contributed by atoms with Crippen LogP contribution in [-0.4, -0.2) is 32.4 Å². The molecule has 1 rings (SSSR count). The highest BCUT2D eigenvalue weighted by molar-refractivity contribution is 9.10. The Labute approximate surface area is 128 Å². The molecule has 118 valence electrons. The number of alkyl halides is 3. The van der Waals surface area contributed by atoms with Crippen LogP contribution >= 0.6 is 15.9 Å². The molecule has 1 N–H and O–H groups in total. The fraction of sp³-hybridized carbons (Fsp3) is 0.417. The van der Waals surface area contributed by atoms with E-state index in [1.54, 1.807) is 0 Å². The number of carbonyl (C=O) groups excluding carboxylic acids is 1. The van der Waals surface area contributed by atoms with Gasteiger partial charge in [-0.1, -0.05) is 15.9 Å². The van der Waals surface area contributed by atoms with Crippen molar-refractivity contribution in [3.8, 4) is 0 Å². The van der Waals surface area contributed by atoms with Crippen molar-refractivity contribution in [2.75, 3.05) is 12.0 Å². The lowest BCUT2D eigenvalue weighted by atomic mass is 10.1. The lowest BCUT2D eigenvalue weighted by Crippen LogP contribution is -2.38. The van der Waals surface area contributed by atoms with Crippen molar-refractivity contribution in [1.82, 2.24) is 5.32 Å². The summed E-state index contributed by atoms with van der Waals surface area (Å²) in [5, 5.41) is 2.25. The molecule has 0 aliphatic rings. The molecule has 0 aliphatic carbocycles. The summed E-state index contributed by atoms with van der Waals surface area (Å²) >= 11 is 2.92. The van der Waals surface area contributed by atoms with E-state index < -0.39 is 39.1 Å². The zero-order valence-electron chi connectivity index (χ0n) is 11.2. The first-order valence-electron chi connectivity index (χ1n) is 5.75. The molecule has 0 aliphatic heterocycles. The maximum Gasteiger partial charge on any atom is 0.417 e. The van der Waals surface area contributed by atoms with Gasteiger partial charge in [-0.25, -0.2) is 8.42 Å². The second kappa shape index (κ2) is 6.35. The summed E-state index contributed by atoms with van der Waals surface area (Å²) in [7, 11) is -3.34. The highest BCUT2D eigenvalue weighted by atomic mass is 79.9. The van der Waals surface area contributed by atoms with Gasteiger partial charge >= 0.3 is 6.18 Å². The highest BCUT2D eigenvalue weighted by Crippen LogP contribution is 2.33. The fourth-order valence-electron chi connectivity index (χ4n) is 1.75. The van der Waals surface area contributed by atoms with E-state index in [1.165, 1.54) is 13.0 Å². The molecule has 0 spiro atoms. The Kier molecular flexibility index (Phi) is 5.43. The van der Waals surface area contributed by atoms with Crippen LogP contribution in [0.5, 0.6) is 0 Å². The Bertz CT molecular complexity index is 644. The van der Waals surface area contributed by atoms with Gasteiger partial charge in [0, 0.05) is 16.8 Å². The summed E-state index contributed by atoms with van der Waals surface area (Å²) in [6.45, 7) is 1.41. The summed E-state index contributed by atoms with van der Waals surface area (Å²) in [6.07, 6.45) is -3.70. The van der Waals surface area contributed by atoms with Crippen molar-refractivity contribution in [2.24, 2.45) is 0 Å². The van der Waals surface area contributed by atoms with Gasteiger partial charge in [-0.15, -0.1) is 0 Å². The minimum atomic E-state index is -4.68. The molecule has 1 amide bonds. The van der Waals surface area contributed by atoms with Crippen LogP contribution in [-0.2, 0) is 16.0 Å². The molecule has 0 saturated heterocycles. The number of halogens is 4. The monoisotopic (exact) mass is 387 g/mol. The van der Waals surface area contributed by atoms with Gasteiger partial charge in [0.25, 0.3) is 5.91 Å². The first kappa shape index (κ1) is 18.0. The molecule has 4 nitrogen and oxygen atoms in total. The summed E-state index contributed by atoms with van der Waals surface area (Å²) in [5.74, 6) is -1.32. The number of amides is 1. The van der Waals surface area contributed by atoms with Gasteiger partial charge < -0.3 is 5.32 Å². The normalized spacial score (nSPS) is 13.8. The van der Waals surface area contributed by atoms with Crippen molar-refractivity contribution in [1.29, 1.82) is 0 Å². The molecular weight excluding hydrogens is 375 g/mol. The Morgan fingerprint density at radius 1 is 1.38 bits per heavy atom. The van der Waals surface area contributed by atoms with Crippen LogP contribution in [0.4, 0.5) is 13.2 Å². The molecule has 0 aromatic heterocycles. The molecule has 0 bridgehead atoms. The van der Waals surface area contributed by atoms with E-state index in [0.717, 1.165) is 18.4 Å². The third kappa shape index (κ3) is 5.66. The first-order chi connectivity index (χ1) is 9.40. The zero-order chi connectivity index (χ0) is 16.4. The van der Waals surface area contributed by atoms with E-state index in [0.29, 0.717) is 0 Å². The summed E-state index contributed by atoms with van der Waals surface area (Å²) in [4.78, 5) is 11.9. The largest absolute Gasteiger partial charge is 0.417 e. The van der Waals surface area contributed by atoms with Gasteiger partial charge in [-0.2, -0.15) is 13.2 Å². The quantitative estimate of drug-likeness (QED) is 0.863. The number of rotatable bonds is 4. The van der Waals surface area contributed by atoms with Crippen LogP contribution in [0.15, 0.2) is 22.7 Å². The van der Waals surface area contributed by atoms with E-state index in [2.05, 4.69) is 21.2 Å². The number of benzene rings is 1. The topological polar surface area (TPSA) is 63.2 Å². The Hall–Kier alpha value is -1.09. The van der Waals surface area contributed by atoms with Gasteiger partial charge in [-0.05, 0) is 25.1 Å². The lowest BCUT2D eigenvalue weighted by molar-refractivity contribution is -0.138. The second-order valence-electron chi connectivity index (χ2n) is 4.65. The minimum Gasteiger partial charge on any atom is -0.349 e. The average Bonchev–Trinajstić information content (AvgIpc) is 2.24. The minimum absolute atomic E-state index is 0.190. The van der Waals surface area contributed by atoms with Crippen molar-refractivity contribution in [3.05, 3.63) is 33.8 Å². The van der Waals surface area contributed by atoms with Gasteiger partial charge in [0.15, 0.2) is 0 Å². The molecule has 0 heterocycles. The number of carbonyl (C=O) groups is 1. The molecule has 9 heteroatoms. The third-order valence-electron chi connectivity index (χ3n) is 2.46. The summed E-state index contributed by atoms with van der Waals surface area (Å²) in [6, 6.07) is 2.36. The van der Waals surface area contributed by atoms with Gasteiger partial charge in [0.1, 0.15) is 9.84 Å². The van der Waals surface area contributed by atoms with Crippen molar-refractivity contribution >= 4 is 31.7 Å². The van der Waals surface area contributed by atoms with Crippen molar-refractivity contribution in [3.63, 3.8) is 0 Å². The Morgan fingerprint density at radius 3 is 2.43 bits per heavy atom. The molecule has 1 unspecified atom stereocenters. The predicted molar refractivity (Wildman–Crippen MR) is 75.8 cm³/mol. The van der Waals surface area contributed by atoms with Crippen LogP contribution in [0.3, 0.4) is 0 Å². The second-order valence-corrected chi connectivity index (χ2v) is 7.76. The molecule has 1 aromatic rings. The maximum atomic E-state index is 12.9. The van der Waals surface area contributed by atoms with Crippen LogP contribution in [0.2, 0.25) is 0 Å². The van der Waals surface area contributed by atoms with E-state index in [4.69, 9.17) is 0 Å². The molecule has 21 heavy (non-hydrogen) atoms.